The molecule has 20 heavy (non-hydrogen) atoms. The molecule has 1 amide bonds. The van der Waals surface area contributed by atoms with E-state index in [0.717, 1.165) is 16.8 Å². The standard InChI is InChI=1S/C16H21NO3/c1-3-20-11-9-16(19)17-15-8-7-14(13(2)12-15)6-4-5-10-18/h7-8,12,18H,3,5,9-11H2,1-2H3,(H,17,19). The lowest BCUT2D eigenvalue weighted by Gasteiger charge is -2.07. The first-order valence-corrected chi connectivity index (χ1v) is 6.75. The Kier molecular flexibility index (Phi) is 7.41. The van der Waals surface area contributed by atoms with Crippen LogP contribution < -0.4 is 5.32 Å². The highest BCUT2D eigenvalue weighted by molar-refractivity contribution is 5.90. The Labute approximate surface area is 120 Å². The molecule has 4 heteroatoms. The first-order valence-electron chi connectivity index (χ1n) is 6.75. The van der Waals surface area contributed by atoms with Crippen LogP contribution in [0.3, 0.4) is 0 Å². The molecule has 0 radical (unpaired) electrons. The molecule has 0 aliphatic carbocycles. The Morgan fingerprint density at radius 1 is 1.45 bits per heavy atom. The second-order valence-electron chi connectivity index (χ2n) is 4.30. The lowest BCUT2D eigenvalue weighted by atomic mass is 10.1. The highest BCUT2D eigenvalue weighted by Crippen LogP contribution is 2.14. The van der Waals surface area contributed by atoms with E-state index in [1.807, 2.05) is 32.0 Å². The highest BCUT2D eigenvalue weighted by atomic mass is 16.5. The van der Waals surface area contributed by atoms with E-state index >= 15 is 0 Å². The van der Waals surface area contributed by atoms with Crippen molar-refractivity contribution in [1.82, 2.24) is 0 Å². The SMILES string of the molecule is CCOCCC(=O)Nc1ccc(C#CCCO)c(C)c1. The van der Waals surface area contributed by atoms with Gasteiger partial charge in [-0.2, -0.15) is 0 Å². The number of benzene rings is 1. The summed E-state index contributed by atoms with van der Waals surface area (Å²) in [5.74, 6) is 5.82. The molecule has 0 atom stereocenters. The normalized spacial score (nSPS) is 9.75. The van der Waals surface area contributed by atoms with E-state index in [2.05, 4.69) is 17.2 Å². The summed E-state index contributed by atoms with van der Waals surface area (Å²) in [5.41, 5.74) is 2.67. The molecule has 0 unspecified atom stereocenters. The van der Waals surface area contributed by atoms with Gasteiger partial charge in [-0.3, -0.25) is 4.79 Å². The molecular formula is C16H21NO3. The maximum Gasteiger partial charge on any atom is 0.226 e. The minimum absolute atomic E-state index is 0.0584. The van der Waals surface area contributed by atoms with Gasteiger partial charge in [-0.25, -0.2) is 0 Å². The number of ether oxygens (including phenoxy) is 1. The number of aliphatic hydroxyl groups is 1. The molecule has 1 rings (SSSR count). The molecule has 108 valence electrons. The first kappa shape index (κ1) is 16.2. The van der Waals surface area contributed by atoms with E-state index in [9.17, 15) is 4.79 Å². The molecule has 1 aromatic carbocycles. The maximum atomic E-state index is 11.6. The number of anilines is 1. The average Bonchev–Trinajstić information content (AvgIpc) is 2.42. The van der Waals surface area contributed by atoms with E-state index in [1.54, 1.807) is 0 Å². The molecule has 0 spiro atoms. The molecule has 0 fully saturated rings. The Morgan fingerprint density at radius 2 is 2.25 bits per heavy atom. The molecule has 0 saturated heterocycles. The summed E-state index contributed by atoms with van der Waals surface area (Å²) in [6, 6.07) is 5.59. The summed E-state index contributed by atoms with van der Waals surface area (Å²) in [7, 11) is 0. The van der Waals surface area contributed by atoms with E-state index in [-0.39, 0.29) is 12.5 Å². The van der Waals surface area contributed by atoms with Gasteiger partial charge in [0, 0.05) is 24.3 Å². The minimum atomic E-state index is -0.0584. The van der Waals surface area contributed by atoms with E-state index < -0.39 is 0 Å². The molecule has 1 aromatic rings. The van der Waals surface area contributed by atoms with Crippen LogP contribution in [0, 0.1) is 18.8 Å². The predicted octanol–water partition coefficient (Wildman–Crippen LogP) is 2.09. The van der Waals surface area contributed by atoms with Crippen molar-refractivity contribution >= 4 is 11.6 Å². The maximum absolute atomic E-state index is 11.6. The highest BCUT2D eigenvalue weighted by Gasteiger charge is 2.03. The molecule has 0 aromatic heterocycles. The minimum Gasteiger partial charge on any atom is -0.395 e. The molecule has 0 aliphatic heterocycles. The molecule has 4 nitrogen and oxygen atoms in total. The fourth-order valence-corrected chi connectivity index (χ4v) is 1.63. The van der Waals surface area contributed by atoms with Crippen molar-refractivity contribution in [3.8, 4) is 11.8 Å². The Hall–Kier alpha value is -1.83. The summed E-state index contributed by atoms with van der Waals surface area (Å²) >= 11 is 0. The summed E-state index contributed by atoms with van der Waals surface area (Å²) < 4.78 is 5.14. The third-order valence-electron chi connectivity index (χ3n) is 2.65. The molecule has 0 aliphatic rings. The van der Waals surface area contributed by atoms with Gasteiger partial charge in [0.15, 0.2) is 0 Å². The number of carbonyl (C=O) groups excluding carboxylic acids is 1. The van der Waals surface area contributed by atoms with Gasteiger partial charge in [-0.1, -0.05) is 11.8 Å². The summed E-state index contributed by atoms with van der Waals surface area (Å²) in [4.78, 5) is 11.6. The van der Waals surface area contributed by atoms with Crippen LogP contribution in [-0.2, 0) is 9.53 Å². The lowest BCUT2D eigenvalue weighted by molar-refractivity contribution is -0.117. The number of hydrogen-bond donors (Lipinski definition) is 2. The van der Waals surface area contributed by atoms with Gasteiger partial charge in [0.25, 0.3) is 0 Å². The van der Waals surface area contributed by atoms with Crippen molar-refractivity contribution in [3.05, 3.63) is 29.3 Å². The van der Waals surface area contributed by atoms with Crippen molar-refractivity contribution in [2.45, 2.75) is 26.7 Å². The van der Waals surface area contributed by atoms with E-state index in [4.69, 9.17) is 9.84 Å². The third-order valence-corrected chi connectivity index (χ3v) is 2.65. The summed E-state index contributed by atoms with van der Waals surface area (Å²) in [5, 5.41) is 11.5. The zero-order valence-corrected chi connectivity index (χ0v) is 12.0. The van der Waals surface area contributed by atoms with Gasteiger partial charge in [0.2, 0.25) is 5.91 Å². The smallest absolute Gasteiger partial charge is 0.226 e. The molecule has 0 heterocycles. The van der Waals surface area contributed by atoms with Crippen molar-refractivity contribution in [3.63, 3.8) is 0 Å². The average molecular weight is 275 g/mol. The Bertz CT molecular complexity index is 500. The van der Waals surface area contributed by atoms with Gasteiger partial charge in [0.05, 0.1) is 19.6 Å². The van der Waals surface area contributed by atoms with Crippen LogP contribution in [0.15, 0.2) is 18.2 Å². The molecule has 0 saturated carbocycles. The number of aliphatic hydroxyl groups excluding tert-OH is 1. The van der Waals surface area contributed by atoms with Gasteiger partial charge in [-0.05, 0) is 37.6 Å². The van der Waals surface area contributed by atoms with Crippen LogP contribution in [-0.4, -0.2) is 30.8 Å². The van der Waals surface area contributed by atoms with Crippen LogP contribution in [0.4, 0.5) is 5.69 Å². The van der Waals surface area contributed by atoms with Crippen molar-refractivity contribution in [1.29, 1.82) is 0 Å². The number of rotatable bonds is 6. The summed E-state index contributed by atoms with van der Waals surface area (Å²) in [6.07, 6.45) is 0.820. The number of hydrogen-bond acceptors (Lipinski definition) is 3. The van der Waals surface area contributed by atoms with Crippen LogP contribution in [0.2, 0.25) is 0 Å². The van der Waals surface area contributed by atoms with Gasteiger partial charge in [-0.15, -0.1) is 0 Å². The van der Waals surface area contributed by atoms with Crippen molar-refractivity contribution < 1.29 is 14.6 Å². The van der Waals surface area contributed by atoms with Crippen LogP contribution in [0.5, 0.6) is 0 Å². The van der Waals surface area contributed by atoms with Crippen LogP contribution in [0.25, 0.3) is 0 Å². The van der Waals surface area contributed by atoms with Crippen LogP contribution >= 0.6 is 0 Å². The van der Waals surface area contributed by atoms with Gasteiger partial charge in [0.1, 0.15) is 0 Å². The number of amides is 1. The third kappa shape index (κ3) is 5.87. The number of nitrogens with one attached hydrogen (secondary N) is 1. The van der Waals surface area contributed by atoms with Gasteiger partial charge < -0.3 is 15.2 Å². The number of aryl methyl sites for hydroxylation is 1. The van der Waals surface area contributed by atoms with E-state index in [0.29, 0.717) is 26.1 Å². The van der Waals surface area contributed by atoms with Crippen molar-refractivity contribution in [2.24, 2.45) is 0 Å². The first-order chi connectivity index (χ1) is 9.67. The zero-order chi connectivity index (χ0) is 14.8. The second-order valence-corrected chi connectivity index (χ2v) is 4.30. The second kappa shape index (κ2) is 9.13. The Morgan fingerprint density at radius 3 is 2.90 bits per heavy atom. The molecular weight excluding hydrogens is 254 g/mol. The van der Waals surface area contributed by atoms with E-state index in [1.165, 1.54) is 0 Å². The Balaban J connectivity index is 2.59. The lowest BCUT2D eigenvalue weighted by Crippen LogP contribution is -2.14. The quantitative estimate of drug-likeness (QED) is 0.617. The monoisotopic (exact) mass is 275 g/mol. The molecule has 0 bridgehead atoms. The summed E-state index contributed by atoms with van der Waals surface area (Å²) in [6.45, 7) is 4.97. The van der Waals surface area contributed by atoms with Crippen molar-refractivity contribution in [2.75, 3.05) is 25.1 Å². The predicted molar refractivity (Wildman–Crippen MR) is 79.5 cm³/mol. The van der Waals surface area contributed by atoms with Crippen LogP contribution in [0.1, 0.15) is 30.9 Å². The van der Waals surface area contributed by atoms with Gasteiger partial charge >= 0.3 is 0 Å². The molecule has 2 N–H and O–H groups in total. The fourth-order valence-electron chi connectivity index (χ4n) is 1.63. The topological polar surface area (TPSA) is 58.6 Å². The number of carbonyl (C=O) groups is 1. The largest absolute Gasteiger partial charge is 0.395 e. The zero-order valence-electron chi connectivity index (χ0n) is 12.0. The fraction of sp³-hybridized carbons (Fsp3) is 0.438.